The van der Waals surface area contributed by atoms with Gasteiger partial charge in [0.2, 0.25) is 5.91 Å². The quantitative estimate of drug-likeness (QED) is 0.603. The Balaban J connectivity index is 1.78. The van der Waals surface area contributed by atoms with Gasteiger partial charge in [0.25, 0.3) is 0 Å². The second-order valence-corrected chi connectivity index (χ2v) is 6.42. The number of carbonyl (C=O) groups is 1. The van der Waals surface area contributed by atoms with Crippen LogP contribution in [0, 0.1) is 6.92 Å². The van der Waals surface area contributed by atoms with Gasteiger partial charge in [0.05, 0.1) is 0 Å². The minimum absolute atomic E-state index is 0.0956. The number of nitrogens with one attached hydrogen (secondary N) is 2. The van der Waals surface area contributed by atoms with E-state index in [2.05, 4.69) is 20.6 Å². The average Bonchev–Trinajstić information content (AvgIpc) is 2.60. The molecule has 0 saturated carbocycles. The number of aliphatic imine (C=N–C) groups is 1. The van der Waals surface area contributed by atoms with E-state index in [9.17, 15) is 4.79 Å². The van der Waals surface area contributed by atoms with Gasteiger partial charge < -0.3 is 15.5 Å². The lowest BCUT2D eigenvalue weighted by atomic mass is 10.2. The number of aromatic nitrogens is 1. The average molecular weight is 374 g/mol. The topological polar surface area (TPSA) is 69.6 Å². The lowest BCUT2D eigenvalue weighted by Gasteiger charge is -2.22. The van der Waals surface area contributed by atoms with Gasteiger partial charge in [-0.3, -0.25) is 9.79 Å². The normalized spacial score (nSPS) is 11.2. The van der Waals surface area contributed by atoms with E-state index in [0.717, 1.165) is 11.1 Å². The first-order valence-electron chi connectivity index (χ1n) is 8.36. The van der Waals surface area contributed by atoms with Gasteiger partial charge in [-0.25, -0.2) is 4.98 Å². The number of nitrogens with zero attached hydrogens (tertiary/aromatic N) is 3. The Hall–Kier alpha value is -2.60. The number of hydrogen-bond donors (Lipinski definition) is 2. The highest BCUT2D eigenvalue weighted by atomic mass is 35.5. The van der Waals surface area contributed by atoms with Crippen LogP contribution in [0.15, 0.2) is 47.6 Å². The van der Waals surface area contributed by atoms with Crippen molar-refractivity contribution < 1.29 is 4.79 Å². The van der Waals surface area contributed by atoms with Crippen LogP contribution in [-0.4, -0.2) is 42.4 Å². The van der Waals surface area contributed by atoms with Gasteiger partial charge in [0, 0.05) is 44.8 Å². The first-order valence-corrected chi connectivity index (χ1v) is 8.74. The minimum Gasteiger partial charge on any atom is -0.356 e. The van der Waals surface area contributed by atoms with Crippen molar-refractivity contribution in [3.63, 3.8) is 0 Å². The lowest BCUT2D eigenvalue weighted by Crippen LogP contribution is -2.39. The SMILES string of the molecule is CN=C(NCCC(=O)Nc1ccc(C)cn1)N(C)Cc1cccc(Cl)c1. The molecule has 0 spiro atoms. The summed E-state index contributed by atoms with van der Waals surface area (Å²) in [7, 11) is 3.65. The van der Waals surface area contributed by atoms with Crippen LogP contribution in [0.25, 0.3) is 0 Å². The van der Waals surface area contributed by atoms with Crippen LogP contribution in [0.5, 0.6) is 0 Å². The van der Waals surface area contributed by atoms with Crippen molar-refractivity contribution >= 4 is 29.3 Å². The Kier molecular flexibility index (Phi) is 7.41. The van der Waals surface area contributed by atoms with Gasteiger partial charge in [0.1, 0.15) is 5.82 Å². The Morgan fingerprint density at radius 1 is 1.31 bits per heavy atom. The summed E-state index contributed by atoms with van der Waals surface area (Å²) in [6, 6.07) is 11.4. The molecule has 1 aromatic carbocycles. The summed E-state index contributed by atoms with van der Waals surface area (Å²) in [5.74, 6) is 1.18. The van der Waals surface area contributed by atoms with Crippen molar-refractivity contribution in [3.05, 3.63) is 58.7 Å². The molecule has 1 heterocycles. The van der Waals surface area contributed by atoms with Crippen molar-refractivity contribution in [1.29, 1.82) is 0 Å². The summed E-state index contributed by atoms with van der Waals surface area (Å²) in [5.41, 5.74) is 2.14. The molecular formula is C19H24ClN5O. The predicted octanol–water partition coefficient (Wildman–Crippen LogP) is 3.08. The maximum atomic E-state index is 12.0. The maximum Gasteiger partial charge on any atom is 0.227 e. The molecule has 0 saturated heterocycles. The van der Waals surface area contributed by atoms with Crippen LogP contribution in [0.3, 0.4) is 0 Å². The number of aryl methyl sites for hydroxylation is 1. The molecule has 0 bridgehead atoms. The zero-order chi connectivity index (χ0) is 18.9. The zero-order valence-electron chi connectivity index (χ0n) is 15.3. The molecule has 0 unspecified atom stereocenters. The number of pyridine rings is 1. The van der Waals surface area contributed by atoms with Crippen LogP contribution in [-0.2, 0) is 11.3 Å². The predicted molar refractivity (Wildman–Crippen MR) is 107 cm³/mol. The molecule has 2 rings (SSSR count). The molecule has 1 amide bonds. The van der Waals surface area contributed by atoms with E-state index in [1.807, 2.05) is 49.2 Å². The molecule has 7 heteroatoms. The van der Waals surface area contributed by atoms with E-state index in [1.165, 1.54) is 0 Å². The molecule has 2 aromatic rings. The summed E-state index contributed by atoms with van der Waals surface area (Å²) >= 11 is 6.02. The van der Waals surface area contributed by atoms with E-state index in [-0.39, 0.29) is 5.91 Å². The number of hydrogen-bond acceptors (Lipinski definition) is 3. The molecule has 0 fully saturated rings. The highest BCUT2D eigenvalue weighted by Gasteiger charge is 2.08. The van der Waals surface area contributed by atoms with Gasteiger partial charge >= 0.3 is 0 Å². The van der Waals surface area contributed by atoms with E-state index in [4.69, 9.17) is 11.6 Å². The fourth-order valence-electron chi connectivity index (χ4n) is 2.40. The summed E-state index contributed by atoms with van der Waals surface area (Å²) in [5, 5.41) is 6.68. The molecule has 0 aliphatic carbocycles. The lowest BCUT2D eigenvalue weighted by molar-refractivity contribution is -0.116. The molecule has 138 valence electrons. The Morgan fingerprint density at radius 3 is 2.77 bits per heavy atom. The summed E-state index contributed by atoms with van der Waals surface area (Å²) < 4.78 is 0. The van der Waals surface area contributed by atoms with Crippen LogP contribution >= 0.6 is 11.6 Å². The number of guanidine groups is 1. The largest absolute Gasteiger partial charge is 0.356 e. The van der Waals surface area contributed by atoms with Gasteiger partial charge in [0.15, 0.2) is 5.96 Å². The molecule has 0 atom stereocenters. The monoisotopic (exact) mass is 373 g/mol. The van der Waals surface area contributed by atoms with E-state index < -0.39 is 0 Å². The third kappa shape index (κ3) is 6.37. The van der Waals surface area contributed by atoms with Crippen molar-refractivity contribution in [2.24, 2.45) is 4.99 Å². The molecule has 6 nitrogen and oxygen atoms in total. The van der Waals surface area contributed by atoms with Crippen LogP contribution in [0.2, 0.25) is 5.02 Å². The first kappa shape index (κ1) is 19.7. The van der Waals surface area contributed by atoms with Gasteiger partial charge in [-0.1, -0.05) is 29.8 Å². The molecule has 1 aromatic heterocycles. The smallest absolute Gasteiger partial charge is 0.227 e. The second kappa shape index (κ2) is 9.77. The molecule has 26 heavy (non-hydrogen) atoms. The van der Waals surface area contributed by atoms with E-state index >= 15 is 0 Å². The van der Waals surface area contributed by atoms with Crippen LogP contribution in [0.4, 0.5) is 5.82 Å². The fraction of sp³-hybridized carbons (Fsp3) is 0.316. The number of carbonyl (C=O) groups excluding carboxylic acids is 1. The van der Waals surface area contributed by atoms with E-state index in [0.29, 0.717) is 36.3 Å². The number of rotatable bonds is 6. The van der Waals surface area contributed by atoms with Crippen molar-refractivity contribution in [3.8, 4) is 0 Å². The zero-order valence-corrected chi connectivity index (χ0v) is 16.0. The standard InChI is InChI=1S/C19H24ClN5O/c1-14-7-8-17(23-12-14)24-18(26)9-10-22-19(21-2)25(3)13-15-5-4-6-16(20)11-15/h4-8,11-12H,9-10,13H2,1-3H3,(H,21,22)(H,23,24,26). The van der Waals surface area contributed by atoms with Crippen LogP contribution in [0.1, 0.15) is 17.5 Å². The summed E-state index contributed by atoms with van der Waals surface area (Å²) in [6.45, 7) is 3.10. The van der Waals surface area contributed by atoms with Gasteiger partial charge in [-0.2, -0.15) is 0 Å². The van der Waals surface area contributed by atoms with Gasteiger partial charge in [-0.15, -0.1) is 0 Å². The molecule has 0 aliphatic rings. The molecular weight excluding hydrogens is 350 g/mol. The Morgan fingerprint density at radius 2 is 2.12 bits per heavy atom. The highest BCUT2D eigenvalue weighted by molar-refractivity contribution is 6.30. The van der Waals surface area contributed by atoms with E-state index in [1.54, 1.807) is 19.3 Å². The minimum atomic E-state index is -0.0956. The first-order chi connectivity index (χ1) is 12.5. The van der Waals surface area contributed by atoms with Crippen molar-refractivity contribution in [2.45, 2.75) is 19.9 Å². The fourth-order valence-corrected chi connectivity index (χ4v) is 2.62. The second-order valence-electron chi connectivity index (χ2n) is 5.98. The number of anilines is 1. The number of benzene rings is 1. The van der Waals surface area contributed by atoms with Crippen molar-refractivity contribution in [2.75, 3.05) is 26.0 Å². The maximum absolute atomic E-state index is 12.0. The molecule has 2 N–H and O–H groups in total. The Bertz CT molecular complexity index is 761. The van der Waals surface area contributed by atoms with Crippen LogP contribution < -0.4 is 10.6 Å². The summed E-state index contributed by atoms with van der Waals surface area (Å²) in [4.78, 5) is 22.4. The molecule has 0 aliphatic heterocycles. The van der Waals surface area contributed by atoms with Crippen molar-refractivity contribution in [1.82, 2.24) is 15.2 Å². The number of halogens is 1. The highest BCUT2D eigenvalue weighted by Crippen LogP contribution is 2.12. The van der Waals surface area contributed by atoms with Gasteiger partial charge in [-0.05, 0) is 36.2 Å². The summed E-state index contributed by atoms with van der Waals surface area (Å²) in [6.07, 6.45) is 2.04. The molecule has 0 radical (unpaired) electrons. The number of amides is 1. The third-order valence-electron chi connectivity index (χ3n) is 3.70. The third-order valence-corrected chi connectivity index (χ3v) is 3.93. The Labute approximate surface area is 159 Å².